The van der Waals surface area contributed by atoms with Crippen LogP contribution >= 0.6 is 0 Å². The lowest BCUT2D eigenvalue weighted by molar-refractivity contribution is 0.0698. The third kappa shape index (κ3) is 4.59. The number of aromatic carboxylic acids is 1. The van der Waals surface area contributed by atoms with Gasteiger partial charge in [0.2, 0.25) is 0 Å². The van der Waals surface area contributed by atoms with Crippen molar-refractivity contribution in [1.82, 2.24) is 0 Å². The van der Waals surface area contributed by atoms with E-state index >= 15 is 0 Å². The van der Waals surface area contributed by atoms with Crippen molar-refractivity contribution >= 4 is 17.5 Å². The highest BCUT2D eigenvalue weighted by molar-refractivity contribution is 6.02. The number of methoxy groups -OCH3 is 1. The Morgan fingerprint density at radius 3 is 2.36 bits per heavy atom. The summed E-state index contributed by atoms with van der Waals surface area (Å²) in [6.07, 6.45) is 0.643. The number of ether oxygens (including phenoxy) is 1. The van der Waals surface area contributed by atoms with E-state index in [-0.39, 0.29) is 11.0 Å². The topological polar surface area (TPSA) is 70.9 Å². The summed E-state index contributed by atoms with van der Waals surface area (Å²) < 4.78 is 5.21. The summed E-state index contributed by atoms with van der Waals surface area (Å²) in [6.45, 7) is 4.26. The smallest absolute Gasteiger partial charge is 0.337 e. The predicted molar refractivity (Wildman–Crippen MR) is 101 cm³/mol. The van der Waals surface area contributed by atoms with Crippen molar-refractivity contribution in [1.29, 1.82) is 0 Å². The number of amidine groups is 1. The van der Waals surface area contributed by atoms with Crippen LogP contribution in [-0.4, -0.2) is 31.1 Å². The van der Waals surface area contributed by atoms with Gasteiger partial charge in [0.05, 0.1) is 18.4 Å². The van der Waals surface area contributed by atoms with Gasteiger partial charge in [-0.15, -0.1) is 0 Å². The van der Waals surface area contributed by atoms with Crippen LogP contribution in [0.4, 0.5) is 5.69 Å². The second kappa shape index (κ2) is 7.83. The van der Waals surface area contributed by atoms with Crippen LogP contribution in [0.2, 0.25) is 0 Å². The van der Waals surface area contributed by atoms with E-state index in [4.69, 9.17) is 4.74 Å². The van der Waals surface area contributed by atoms with Gasteiger partial charge in [-0.2, -0.15) is 0 Å². The van der Waals surface area contributed by atoms with Crippen molar-refractivity contribution in [2.75, 3.05) is 19.5 Å². The van der Waals surface area contributed by atoms with Gasteiger partial charge in [0.15, 0.2) is 0 Å². The molecule has 0 unspecified atom stereocenters. The molecule has 25 heavy (non-hydrogen) atoms. The average Bonchev–Trinajstić information content (AvgIpc) is 2.61. The van der Waals surface area contributed by atoms with Gasteiger partial charge >= 0.3 is 5.97 Å². The van der Waals surface area contributed by atoms with Gasteiger partial charge in [-0.1, -0.05) is 38.1 Å². The van der Waals surface area contributed by atoms with Crippen molar-refractivity contribution in [3.63, 3.8) is 0 Å². The standard InChI is InChI=1S/C20H24N2O3/c1-20(2,14-9-11-15(25-4)12-10-14)13-18(21-3)22-17-8-6-5-7-16(17)19(23)24/h5-12H,13H2,1-4H3,(H,21,22)(H,23,24). The molecule has 0 aromatic heterocycles. The fourth-order valence-corrected chi connectivity index (χ4v) is 2.68. The van der Waals surface area contributed by atoms with E-state index in [9.17, 15) is 9.90 Å². The van der Waals surface area contributed by atoms with Crippen LogP contribution in [-0.2, 0) is 5.41 Å². The quantitative estimate of drug-likeness (QED) is 0.611. The summed E-state index contributed by atoms with van der Waals surface area (Å²) in [4.78, 5) is 15.7. The Morgan fingerprint density at radius 2 is 1.80 bits per heavy atom. The zero-order valence-electron chi connectivity index (χ0n) is 15.0. The van der Waals surface area contributed by atoms with Gasteiger partial charge in [0.25, 0.3) is 0 Å². The molecule has 0 bridgehead atoms. The highest BCUT2D eigenvalue weighted by Gasteiger charge is 2.24. The summed E-state index contributed by atoms with van der Waals surface area (Å²) in [5.41, 5.74) is 1.75. The third-order valence-corrected chi connectivity index (χ3v) is 4.19. The maximum Gasteiger partial charge on any atom is 0.337 e. The molecule has 0 saturated carbocycles. The van der Waals surface area contributed by atoms with E-state index in [1.807, 2.05) is 24.3 Å². The first kappa shape index (κ1) is 18.5. The summed E-state index contributed by atoms with van der Waals surface area (Å²) in [7, 11) is 3.35. The molecule has 2 aromatic carbocycles. The number of carboxylic acid groups (broad SMARTS) is 1. The van der Waals surface area contributed by atoms with Crippen LogP contribution in [0.3, 0.4) is 0 Å². The van der Waals surface area contributed by atoms with Gasteiger partial charge in [-0.3, -0.25) is 4.99 Å². The summed E-state index contributed by atoms with van der Waals surface area (Å²) >= 11 is 0. The van der Waals surface area contributed by atoms with Crippen molar-refractivity contribution in [3.8, 4) is 5.75 Å². The minimum absolute atomic E-state index is 0.174. The maximum atomic E-state index is 11.4. The number of aliphatic imine (C=N–C) groups is 1. The molecule has 2 aromatic rings. The largest absolute Gasteiger partial charge is 0.497 e. The number of benzene rings is 2. The van der Waals surface area contributed by atoms with Crippen LogP contribution in [0.25, 0.3) is 0 Å². The lowest BCUT2D eigenvalue weighted by Gasteiger charge is -2.27. The highest BCUT2D eigenvalue weighted by Crippen LogP contribution is 2.29. The predicted octanol–water partition coefficient (Wildman–Crippen LogP) is 4.20. The molecular weight excluding hydrogens is 316 g/mol. The molecule has 2 rings (SSSR count). The second-order valence-electron chi connectivity index (χ2n) is 6.44. The van der Waals surface area contributed by atoms with Gasteiger partial charge in [0.1, 0.15) is 11.6 Å². The Balaban J connectivity index is 2.20. The number of hydrogen-bond donors (Lipinski definition) is 2. The van der Waals surface area contributed by atoms with Gasteiger partial charge in [-0.05, 0) is 35.2 Å². The van der Waals surface area contributed by atoms with Crippen molar-refractivity contribution in [2.45, 2.75) is 25.7 Å². The molecule has 5 heteroatoms. The molecular formula is C20H24N2O3. The van der Waals surface area contributed by atoms with Crippen molar-refractivity contribution in [2.24, 2.45) is 4.99 Å². The van der Waals surface area contributed by atoms with Gasteiger partial charge in [-0.25, -0.2) is 4.79 Å². The minimum atomic E-state index is -0.965. The highest BCUT2D eigenvalue weighted by atomic mass is 16.5. The Labute approximate surface area is 148 Å². The number of nitrogens with one attached hydrogen (secondary N) is 1. The first-order chi connectivity index (χ1) is 11.9. The average molecular weight is 340 g/mol. The molecule has 2 N–H and O–H groups in total. The number of carboxylic acids is 1. The van der Waals surface area contributed by atoms with E-state index in [1.54, 1.807) is 38.4 Å². The van der Waals surface area contributed by atoms with Crippen LogP contribution in [0.15, 0.2) is 53.5 Å². The second-order valence-corrected chi connectivity index (χ2v) is 6.44. The fourth-order valence-electron chi connectivity index (χ4n) is 2.68. The molecule has 0 atom stereocenters. The number of carbonyl (C=O) groups is 1. The molecule has 0 spiro atoms. The summed E-state index contributed by atoms with van der Waals surface area (Å²) in [5, 5.41) is 12.5. The SMILES string of the molecule is CN=C(CC(C)(C)c1ccc(OC)cc1)Nc1ccccc1C(=O)O. The zero-order valence-corrected chi connectivity index (χ0v) is 15.0. The Hall–Kier alpha value is -2.82. The summed E-state index contributed by atoms with van der Waals surface area (Å²) in [5.74, 6) is 0.583. The lowest BCUT2D eigenvalue weighted by Crippen LogP contribution is -2.26. The molecule has 0 aliphatic rings. The lowest BCUT2D eigenvalue weighted by atomic mass is 9.81. The molecule has 5 nitrogen and oxygen atoms in total. The maximum absolute atomic E-state index is 11.4. The van der Waals surface area contributed by atoms with Crippen LogP contribution < -0.4 is 10.1 Å². The molecule has 0 saturated heterocycles. The number of hydrogen-bond acceptors (Lipinski definition) is 3. The fraction of sp³-hybridized carbons (Fsp3) is 0.300. The monoisotopic (exact) mass is 340 g/mol. The molecule has 0 radical (unpaired) electrons. The minimum Gasteiger partial charge on any atom is -0.497 e. The molecule has 0 heterocycles. The van der Waals surface area contributed by atoms with Gasteiger partial charge in [0, 0.05) is 13.5 Å². The van der Waals surface area contributed by atoms with Crippen LogP contribution in [0.5, 0.6) is 5.75 Å². The molecule has 0 fully saturated rings. The van der Waals surface area contributed by atoms with Crippen LogP contribution in [0, 0.1) is 0 Å². The molecule has 0 amide bonds. The zero-order chi connectivity index (χ0) is 18.4. The Bertz CT molecular complexity index is 765. The number of rotatable bonds is 6. The molecule has 0 aliphatic heterocycles. The van der Waals surface area contributed by atoms with Crippen LogP contribution in [0.1, 0.15) is 36.2 Å². The van der Waals surface area contributed by atoms with E-state index in [2.05, 4.69) is 24.2 Å². The Morgan fingerprint density at radius 1 is 1.16 bits per heavy atom. The molecule has 0 aliphatic carbocycles. The first-order valence-electron chi connectivity index (χ1n) is 8.07. The van der Waals surface area contributed by atoms with Crippen molar-refractivity contribution < 1.29 is 14.6 Å². The van der Waals surface area contributed by atoms with E-state index in [1.165, 1.54) is 0 Å². The van der Waals surface area contributed by atoms with E-state index < -0.39 is 5.97 Å². The number of para-hydroxylation sites is 1. The van der Waals surface area contributed by atoms with Gasteiger partial charge < -0.3 is 15.2 Å². The van der Waals surface area contributed by atoms with E-state index in [0.717, 1.165) is 17.1 Å². The normalized spacial score (nSPS) is 11.9. The first-order valence-corrected chi connectivity index (χ1v) is 8.07. The molecule has 132 valence electrons. The Kier molecular flexibility index (Phi) is 5.80. The third-order valence-electron chi connectivity index (χ3n) is 4.19. The number of anilines is 1. The van der Waals surface area contributed by atoms with E-state index in [0.29, 0.717) is 12.1 Å². The number of nitrogens with zero attached hydrogens (tertiary/aromatic N) is 1. The van der Waals surface area contributed by atoms with Crippen molar-refractivity contribution in [3.05, 3.63) is 59.7 Å². The summed E-state index contributed by atoms with van der Waals surface area (Å²) in [6, 6.07) is 14.8.